The molecule has 34 heavy (non-hydrogen) atoms. The number of benzene rings is 3. The van der Waals surface area contributed by atoms with Crippen molar-refractivity contribution in [2.24, 2.45) is 0 Å². The Morgan fingerprint density at radius 2 is 1.74 bits per heavy atom. The zero-order valence-electron chi connectivity index (χ0n) is 18.6. The number of amides is 3. The third kappa shape index (κ3) is 3.88. The lowest BCUT2D eigenvalue weighted by Crippen LogP contribution is -2.54. The van der Waals surface area contributed by atoms with Crippen molar-refractivity contribution in [3.05, 3.63) is 94.8 Å². The van der Waals surface area contributed by atoms with Gasteiger partial charge in [0.1, 0.15) is 0 Å². The van der Waals surface area contributed by atoms with E-state index in [-0.39, 0.29) is 12.5 Å². The average Bonchev–Trinajstić information content (AvgIpc) is 3.62. The molecule has 3 amide bonds. The number of fused-ring (bicyclic) bond motifs is 1. The zero-order valence-corrected chi connectivity index (χ0v) is 18.6. The summed E-state index contributed by atoms with van der Waals surface area (Å²) in [5.41, 5.74) is 1.79. The lowest BCUT2D eigenvalue weighted by molar-refractivity contribution is -0.150. The van der Waals surface area contributed by atoms with E-state index in [0.29, 0.717) is 24.1 Å². The summed E-state index contributed by atoms with van der Waals surface area (Å²) in [6.07, 6.45) is 1.75. The van der Waals surface area contributed by atoms with Crippen molar-refractivity contribution >= 4 is 28.5 Å². The summed E-state index contributed by atoms with van der Waals surface area (Å²) in [5, 5.41) is 8.11. The Morgan fingerprint density at radius 1 is 1.00 bits per heavy atom. The Morgan fingerprint density at radius 3 is 2.47 bits per heavy atom. The van der Waals surface area contributed by atoms with Crippen molar-refractivity contribution in [1.29, 1.82) is 0 Å². The molecule has 3 aromatic rings. The Kier molecular flexibility index (Phi) is 5.50. The molecule has 2 aliphatic rings. The molecule has 7 heteroatoms. The summed E-state index contributed by atoms with van der Waals surface area (Å²) in [6, 6.07) is 21.4. The molecule has 1 saturated heterocycles. The van der Waals surface area contributed by atoms with Gasteiger partial charge in [-0.2, -0.15) is 0 Å². The van der Waals surface area contributed by atoms with Crippen molar-refractivity contribution in [2.45, 2.75) is 37.5 Å². The maximum atomic E-state index is 13.3. The Labute approximate surface area is 197 Å². The fourth-order valence-electron chi connectivity index (χ4n) is 4.54. The number of carbonyl (C=O) groups is 3. The van der Waals surface area contributed by atoms with Crippen LogP contribution < -0.4 is 10.6 Å². The molecule has 2 fully saturated rings. The van der Waals surface area contributed by atoms with Gasteiger partial charge in [-0.1, -0.05) is 60.7 Å². The SMILES string of the molecule is [C-]#[N+][C@H]1CCN1C(=O)C(=O)NCc1ccccc1C(=O)NC1(c2cccc3ccccc23)CC1. The van der Waals surface area contributed by atoms with Gasteiger partial charge in [0.2, 0.25) is 0 Å². The first-order valence-electron chi connectivity index (χ1n) is 11.4. The summed E-state index contributed by atoms with van der Waals surface area (Å²) in [7, 11) is 0. The lowest BCUT2D eigenvalue weighted by atomic mass is 9.96. The number of hydrogen-bond acceptors (Lipinski definition) is 3. The van der Waals surface area contributed by atoms with Gasteiger partial charge in [0, 0.05) is 18.7 Å². The minimum Gasteiger partial charge on any atom is -0.344 e. The molecule has 0 radical (unpaired) electrons. The van der Waals surface area contributed by atoms with E-state index < -0.39 is 23.5 Å². The Hall–Kier alpha value is -4.18. The highest BCUT2D eigenvalue weighted by Gasteiger charge is 2.46. The summed E-state index contributed by atoms with van der Waals surface area (Å²) in [4.78, 5) is 42.6. The molecule has 0 spiro atoms. The quantitative estimate of drug-likeness (QED) is 0.460. The Balaban J connectivity index is 1.31. The van der Waals surface area contributed by atoms with Crippen LogP contribution in [0.4, 0.5) is 0 Å². The van der Waals surface area contributed by atoms with Crippen LogP contribution >= 0.6 is 0 Å². The van der Waals surface area contributed by atoms with Crippen LogP contribution in [-0.2, 0) is 21.7 Å². The second-order valence-electron chi connectivity index (χ2n) is 8.80. The minimum atomic E-state index is -0.766. The van der Waals surface area contributed by atoms with E-state index in [2.05, 4.69) is 39.7 Å². The van der Waals surface area contributed by atoms with Crippen molar-refractivity contribution < 1.29 is 14.4 Å². The minimum absolute atomic E-state index is 0.0476. The molecule has 2 N–H and O–H groups in total. The number of hydrogen-bond donors (Lipinski definition) is 2. The average molecular weight is 453 g/mol. The number of likely N-dealkylation sites (tertiary alicyclic amines) is 1. The van der Waals surface area contributed by atoms with Crippen LogP contribution in [0.3, 0.4) is 0 Å². The molecule has 1 heterocycles. The third-order valence-corrected chi connectivity index (χ3v) is 6.70. The van der Waals surface area contributed by atoms with Gasteiger partial charge in [-0.15, -0.1) is 0 Å². The van der Waals surface area contributed by atoms with Gasteiger partial charge in [-0.05, 0) is 40.8 Å². The van der Waals surface area contributed by atoms with Crippen LogP contribution in [-0.4, -0.2) is 35.3 Å². The van der Waals surface area contributed by atoms with Gasteiger partial charge in [-0.25, -0.2) is 6.57 Å². The first-order chi connectivity index (χ1) is 16.5. The lowest BCUT2D eigenvalue weighted by Gasteiger charge is -2.31. The number of nitrogens with one attached hydrogen (secondary N) is 2. The van der Waals surface area contributed by atoms with Crippen molar-refractivity contribution in [2.75, 3.05) is 6.54 Å². The molecule has 1 aliphatic carbocycles. The highest BCUT2D eigenvalue weighted by atomic mass is 16.2. The molecule has 5 rings (SSSR count). The zero-order chi connectivity index (χ0) is 23.7. The largest absolute Gasteiger partial charge is 0.344 e. The molecule has 1 aliphatic heterocycles. The monoisotopic (exact) mass is 452 g/mol. The second-order valence-corrected chi connectivity index (χ2v) is 8.80. The van der Waals surface area contributed by atoms with E-state index >= 15 is 0 Å². The van der Waals surface area contributed by atoms with Crippen molar-refractivity contribution in [1.82, 2.24) is 15.5 Å². The summed E-state index contributed by atoms with van der Waals surface area (Å²) in [6.45, 7) is 7.53. The molecule has 170 valence electrons. The van der Waals surface area contributed by atoms with Crippen LogP contribution in [0.15, 0.2) is 66.7 Å². The van der Waals surface area contributed by atoms with E-state index in [4.69, 9.17) is 6.57 Å². The summed E-state index contributed by atoms with van der Waals surface area (Å²) < 4.78 is 0. The first kappa shape index (κ1) is 21.7. The number of carbonyl (C=O) groups excluding carboxylic acids is 3. The molecular formula is C27H24N4O3. The summed E-state index contributed by atoms with van der Waals surface area (Å²) >= 11 is 0. The molecular weight excluding hydrogens is 428 g/mol. The summed E-state index contributed by atoms with van der Waals surface area (Å²) in [5.74, 6) is -1.68. The fraction of sp³-hybridized carbons (Fsp3) is 0.259. The van der Waals surface area contributed by atoms with Gasteiger partial charge in [0.05, 0.1) is 12.0 Å². The fourth-order valence-corrected chi connectivity index (χ4v) is 4.54. The van der Waals surface area contributed by atoms with Crippen molar-refractivity contribution in [3.63, 3.8) is 0 Å². The van der Waals surface area contributed by atoms with Crippen LogP contribution in [0.1, 0.15) is 40.7 Å². The van der Waals surface area contributed by atoms with E-state index in [1.807, 2.05) is 18.2 Å². The van der Waals surface area contributed by atoms with E-state index in [1.165, 1.54) is 4.90 Å². The van der Waals surface area contributed by atoms with E-state index in [0.717, 1.165) is 29.2 Å². The smallest absolute Gasteiger partial charge is 0.317 e. The van der Waals surface area contributed by atoms with Crippen molar-refractivity contribution in [3.8, 4) is 0 Å². The van der Waals surface area contributed by atoms with Gasteiger partial charge in [-0.3, -0.25) is 24.1 Å². The maximum Gasteiger partial charge on any atom is 0.317 e. The predicted molar refractivity (Wildman–Crippen MR) is 127 cm³/mol. The van der Waals surface area contributed by atoms with Gasteiger partial charge < -0.3 is 10.6 Å². The molecule has 3 aromatic carbocycles. The molecule has 0 unspecified atom stereocenters. The molecule has 1 saturated carbocycles. The predicted octanol–water partition coefficient (Wildman–Crippen LogP) is 3.35. The first-order valence-corrected chi connectivity index (χ1v) is 11.4. The maximum absolute atomic E-state index is 13.3. The number of rotatable bonds is 5. The molecule has 0 bridgehead atoms. The molecule has 0 aromatic heterocycles. The normalized spacial score (nSPS) is 17.9. The van der Waals surface area contributed by atoms with E-state index in [9.17, 15) is 14.4 Å². The molecule has 1 atom stereocenters. The van der Waals surface area contributed by atoms with Gasteiger partial charge in [0.25, 0.3) is 5.91 Å². The standard InChI is InChI=1S/C27H24N4O3/c1-28-23-13-16-31(23)26(34)25(33)29-17-19-8-3-5-11-21(19)24(32)30-27(14-15-27)22-12-6-9-18-7-2-4-10-20(18)22/h2-12,23H,13-17H2,(H,29,33)(H,30,32)/t23-/m1/s1. The van der Waals surface area contributed by atoms with Gasteiger partial charge in [0.15, 0.2) is 0 Å². The van der Waals surface area contributed by atoms with Crippen LogP contribution in [0.25, 0.3) is 15.6 Å². The topological polar surface area (TPSA) is 82.9 Å². The van der Waals surface area contributed by atoms with Crippen LogP contribution in [0.2, 0.25) is 0 Å². The second kappa shape index (κ2) is 8.64. The third-order valence-electron chi connectivity index (χ3n) is 6.70. The van der Waals surface area contributed by atoms with Crippen LogP contribution in [0, 0.1) is 6.57 Å². The highest BCUT2D eigenvalue weighted by Crippen LogP contribution is 2.48. The molecule has 7 nitrogen and oxygen atoms in total. The number of nitrogens with zero attached hydrogens (tertiary/aromatic N) is 2. The Bertz CT molecular complexity index is 1330. The van der Waals surface area contributed by atoms with Crippen LogP contribution in [0.5, 0.6) is 0 Å². The van der Waals surface area contributed by atoms with Gasteiger partial charge >= 0.3 is 18.0 Å². The highest BCUT2D eigenvalue weighted by molar-refractivity contribution is 6.35. The van der Waals surface area contributed by atoms with E-state index in [1.54, 1.807) is 24.3 Å².